The molecule has 5 nitrogen and oxygen atoms in total. The van der Waals surface area contributed by atoms with E-state index in [2.05, 4.69) is 4.98 Å². The molecular weight excluding hydrogens is 276 g/mol. The molecule has 114 valence electrons. The Morgan fingerprint density at radius 1 is 1.05 bits per heavy atom. The molecule has 0 atom stereocenters. The monoisotopic (exact) mass is 296 g/mol. The number of rotatable bonds is 1. The lowest BCUT2D eigenvalue weighted by Gasteiger charge is -2.56. The Labute approximate surface area is 130 Å². The van der Waals surface area contributed by atoms with Crippen LogP contribution in [0, 0.1) is 40.4 Å². The van der Waals surface area contributed by atoms with E-state index in [-0.39, 0.29) is 22.7 Å². The minimum atomic E-state index is -0.526. The maximum atomic E-state index is 12.1. The normalized spacial score (nSPS) is 34.5. The predicted molar refractivity (Wildman–Crippen MR) is 78.9 cm³/mol. The third-order valence-electron chi connectivity index (χ3n) is 5.80. The minimum absolute atomic E-state index is 0. The lowest BCUT2D eigenvalue weighted by Crippen LogP contribution is -2.49. The number of pyridine rings is 1. The Kier molecular flexibility index (Phi) is 3.34. The van der Waals surface area contributed by atoms with Crippen molar-refractivity contribution in [1.29, 1.82) is 10.5 Å². The second-order valence-electron chi connectivity index (χ2n) is 7.16. The molecule has 4 aliphatic rings. The van der Waals surface area contributed by atoms with E-state index in [9.17, 15) is 10.4 Å². The molecule has 0 spiro atoms. The highest BCUT2D eigenvalue weighted by Gasteiger charge is 2.52. The molecule has 0 amide bonds. The molecule has 0 unspecified atom stereocenters. The molecule has 22 heavy (non-hydrogen) atoms. The number of nitrogens with zero attached hydrogens (tertiary/aromatic N) is 3. The van der Waals surface area contributed by atoms with Crippen LogP contribution in [0.2, 0.25) is 0 Å². The zero-order chi connectivity index (χ0) is 14.6. The number of hydrogen-bond donors (Lipinski definition) is 1. The highest BCUT2D eigenvalue weighted by atomic mass is 16.3. The first-order valence-electron chi connectivity index (χ1n) is 7.66. The highest BCUT2D eigenvalue weighted by molar-refractivity contribution is 5.52. The van der Waals surface area contributed by atoms with Gasteiger partial charge < -0.3 is 11.3 Å². The average Bonchev–Trinajstić information content (AvgIpc) is 2.44. The molecule has 0 aliphatic heterocycles. The van der Waals surface area contributed by atoms with Gasteiger partial charge in [0.1, 0.15) is 12.1 Å². The van der Waals surface area contributed by atoms with Crippen molar-refractivity contribution in [2.75, 3.05) is 0 Å². The van der Waals surface area contributed by atoms with Crippen molar-refractivity contribution in [2.45, 2.75) is 43.9 Å². The lowest BCUT2D eigenvalue weighted by atomic mass is 9.48. The summed E-state index contributed by atoms with van der Waals surface area (Å²) in [7, 11) is 0. The standard InChI is InChI=1S/C17H17N3O.H3N/c18-8-13-4-15(20-16(21)14(13)9-19)17-5-10-1-11(6-17)3-12(2-10)7-17;/h4,10-12H,1-3,5-7H2,(H,20,21);1H3. The van der Waals surface area contributed by atoms with Gasteiger partial charge in [0.2, 0.25) is 0 Å². The van der Waals surface area contributed by atoms with Crippen LogP contribution < -0.4 is 11.3 Å². The molecule has 4 bridgehead atoms. The number of hydrogen-bond acceptors (Lipinski definition) is 4. The summed E-state index contributed by atoms with van der Waals surface area (Å²) in [6, 6.07) is 5.53. The Bertz CT molecular complexity index is 663. The summed E-state index contributed by atoms with van der Waals surface area (Å²) < 4.78 is 0. The Morgan fingerprint density at radius 3 is 2.05 bits per heavy atom. The smallest absolute Gasteiger partial charge is 0.101 e. The molecule has 5 rings (SSSR count). The van der Waals surface area contributed by atoms with Crippen molar-refractivity contribution in [3.8, 4) is 18.0 Å². The third-order valence-corrected chi connectivity index (χ3v) is 5.80. The molecular formula is C17H20N4O. The second kappa shape index (κ2) is 4.97. The molecule has 1 aromatic heterocycles. The van der Waals surface area contributed by atoms with Crippen molar-refractivity contribution in [2.24, 2.45) is 17.8 Å². The van der Waals surface area contributed by atoms with Crippen LogP contribution in [0.1, 0.15) is 55.3 Å². The second-order valence-corrected chi connectivity index (χ2v) is 7.16. The van der Waals surface area contributed by atoms with E-state index < -0.39 is 5.88 Å². The van der Waals surface area contributed by atoms with Crippen LogP contribution in [0.4, 0.5) is 0 Å². The SMILES string of the molecule is N#Cc1cc(C23CC4CC(CC(C4)C2)C3)nc([O-])c1C#N.[NH4+]. The zero-order valence-corrected chi connectivity index (χ0v) is 12.8. The summed E-state index contributed by atoms with van der Waals surface area (Å²) in [5.41, 5.74) is 0.865. The first-order chi connectivity index (χ1) is 10.1. The minimum Gasteiger partial charge on any atom is -0.858 e. The van der Waals surface area contributed by atoms with Crippen LogP contribution in [0.25, 0.3) is 0 Å². The van der Waals surface area contributed by atoms with Crippen LogP contribution in [-0.2, 0) is 5.41 Å². The third kappa shape index (κ3) is 1.97. The van der Waals surface area contributed by atoms with E-state index in [0.29, 0.717) is 0 Å². The molecule has 1 aromatic rings. The van der Waals surface area contributed by atoms with Gasteiger partial charge >= 0.3 is 0 Å². The Morgan fingerprint density at radius 2 is 1.59 bits per heavy atom. The molecule has 4 saturated carbocycles. The van der Waals surface area contributed by atoms with E-state index in [1.165, 1.54) is 19.3 Å². The quantitative estimate of drug-likeness (QED) is 0.856. The average molecular weight is 296 g/mol. The molecule has 0 radical (unpaired) electrons. The van der Waals surface area contributed by atoms with Crippen molar-refractivity contribution in [3.05, 3.63) is 22.9 Å². The lowest BCUT2D eigenvalue weighted by molar-refractivity contribution is -0.275. The number of aromatic nitrogens is 1. The fourth-order valence-electron chi connectivity index (χ4n) is 5.41. The van der Waals surface area contributed by atoms with Gasteiger partial charge in [0.05, 0.1) is 11.1 Å². The van der Waals surface area contributed by atoms with Gasteiger partial charge in [-0.3, -0.25) is 4.98 Å². The molecule has 1 heterocycles. The molecule has 4 fully saturated rings. The van der Waals surface area contributed by atoms with Crippen LogP contribution in [-0.4, -0.2) is 4.98 Å². The summed E-state index contributed by atoms with van der Waals surface area (Å²) >= 11 is 0. The fraction of sp³-hybridized carbons (Fsp3) is 0.588. The van der Waals surface area contributed by atoms with Gasteiger partial charge in [-0.15, -0.1) is 0 Å². The van der Waals surface area contributed by atoms with Crippen molar-refractivity contribution >= 4 is 0 Å². The Hall–Kier alpha value is -2.11. The molecule has 0 aromatic carbocycles. The summed E-state index contributed by atoms with van der Waals surface area (Å²) in [5, 5.41) is 30.3. The topological polar surface area (TPSA) is 120 Å². The maximum Gasteiger partial charge on any atom is 0.101 e. The van der Waals surface area contributed by atoms with Crippen LogP contribution in [0.5, 0.6) is 5.88 Å². The van der Waals surface area contributed by atoms with E-state index in [1.807, 2.05) is 12.1 Å². The van der Waals surface area contributed by atoms with Gasteiger partial charge in [0, 0.05) is 17.0 Å². The Balaban J connectivity index is 0.00000144. The largest absolute Gasteiger partial charge is 0.858 e. The summed E-state index contributed by atoms with van der Waals surface area (Å²) in [4.78, 5) is 4.21. The first-order valence-corrected chi connectivity index (χ1v) is 7.66. The van der Waals surface area contributed by atoms with Gasteiger partial charge in [-0.1, -0.05) is 0 Å². The summed E-state index contributed by atoms with van der Waals surface area (Å²) in [6.45, 7) is 0. The molecule has 4 N–H and O–H groups in total. The van der Waals surface area contributed by atoms with Crippen LogP contribution in [0.3, 0.4) is 0 Å². The zero-order valence-electron chi connectivity index (χ0n) is 12.8. The maximum absolute atomic E-state index is 12.1. The number of nitriles is 2. The number of quaternary nitrogens is 1. The summed E-state index contributed by atoms with van der Waals surface area (Å²) in [5.74, 6) is 1.75. The van der Waals surface area contributed by atoms with Crippen LogP contribution >= 0.6 is 0 Å². The van der Waals surface area contributed by atoms with Crippen molar-refractivity contribution in [1.82, 2.24) is 11.1 Å². The molecule has 4 aliphatic carbocycles. The highest BCUT2D eigenvalue weighted by Crippen LogP contribution is 2.60. The summed E-state index contributed by atoms with van der Waals surface area (Å²) in [6.07, 6.45) is 7.27. The van der Waals surface area contributed by atoms with Gasteiger partial charge in [0.15, 0.2) is 0 Å². The predicted octanol–water partition coefficient (Wildman–Crippen LogP) is 2.74. The van der Waals surface area contributed by atoms with Crippen molar-refractivity contribution < 1.29 is 5.11 Å². The van der Waals surface area contributed by atoms with E-state index in [1.54, 1.807) is 6.07 Å². The first kappa shape index (κ1) is 14.8. The van der Waals surface area contributed by atoms with Gasteiger partial charge in [0.25, 0.3) is 0 Å². The van der Waals surface area contributed by atoms with Gasteiger partial charge in [-0.25, -0.2) is 0 Å². The van der Waals surface area contributed by atoms with E-state index in [0.717, 1.165) is 42.7 Å². The van der Waals surface area contributed by atoms with Crippen LogP contribution in [0.15, 0.2) is 6.07 Å². The van der Waals surface area contributed by atoms with Crippen molar-refractivity contribution in [3.63, 3.8) is 0 Å². The van der Waals surface area contributed by atoms with E-state index >= 15 is 0 Å². The van der Waals surface area contributed by atoms with Gasteiger partial charge in [-0.05, 0) is 62.3 Å². The molecule has 0 saturated heterocycles. The fourth-order valence-corrected chi connectivity index (χ4v) is 5.41. The van der Waals surface area contributed by atoms with E-state index in [4.69, 9.17) is 5.26 Å². The van der Waals surface area contributed by atoms with Gasteiger partial charge in [-0.2, -0.15) is 10.5 Å². The molecule has 5 heteroatoms.